The molecule has 114 valence electrons. The number of likely N-dealkylation sites (tertiary alicyclic amines) is 1. The van der Waals surface area contributed by atoms with E-state index in [1.165, 1.54) is 0 Å². The SMILES string of the molecule is NC(=O)c1cccc(CN2CCC(OCC(=O)O)CC2)c1. The summed E-state index contributed by atoms with van der Waals surface area (Å²) >= 11 is 0. The second-order valence-corrected chi connectivity index (χ2v) is 5.24. The highest BCUT2D eigenvalue weighted by Crippen LogP contribution is 2.16. The van der Waals surface area contributed by atoms with Gasteiger partial charge >= 0.3 is 5.97 Å². The van der Waals surface area contributed by atoms with E-state index in [1.807, 2.05) is 18.2 Å². The van der Waals surface area contributed by atoms with Crippen LogP contribution in [0.25, 0.3) is 0 Å². The summed E-state index contributed by atoms with van der Waals surface area (Å²) in [5.74, 6) is -1.35. The van der Waals surface area contributed by atoms with Crippen LogP contribution in [-0.4, -0.2) is 47.7 Å². The molecule has 21 heavy (non-hydrogen) atoms. The maximum atomic E-state index is 11.2. The molecule has 0 saturated carbocycles. The third kappa shape index (κ3) is 4.84. The first kappa shape index (κ1) is 15.5. The molecule has 1 aromatic rings. The molecule has 1 fully saturated rings. The number of aliphatic carboxylic acids is 1. The zero-order valence-electron chi connectivity index (χ0n) is 11.8. The predicted molar refractivity (Wildman–Crippen MR) is 76.8 cm³/mol. The van der Waals surface area contributed by atoms with Gasteiger partial charge in [-0.15, -0.1) is 0 Å². The molecule has 6 heteroatoms. The minimum absolute atomic E-state index is 0.0225. The Hall–Kier alpha value is -1.92. The Bertz CT molecular complexity index is 510. The summed E-state index contributed by atoms with van der Waals surface area (Å²) in [6.07, 6.45) is 1.67. The molecule has 1 heterocycles. The highest BCUT2D eigenvalue weighted by molar-refractivity contribution is 5.92. The predicted octanol–water partition coefficient (Wildman–Crippen LogP) is 0.851. The summed E-state index contributed by atoms with van der Waals surface area (Å²) in [5.41, 5.74) is 6.85. The highest BCUT2D eigenvalue weighted by Gasteiger charge is 2.20. The van der Waals surface area contributed by atoms with Crippen molar-refractivity contribution in [2.75, 3.05) is 19.7 Å². The molecule has 3 N–H and O–H groups in total. The van der Waals surface area contributed by atoms with E-state index in [4.69, 9.17) is 15.6 Å². The zero-order chi connectivity index (χ0) is 15.2. The minimum Gasteiger partial charge on any atom is -0.480 e. The standard InChI is InChI=1S/C15H20N2O4/c16-15(20)12-3-1-2-11(8-12)9-17-6-4-13(5-7-17)21-10-14(18)19/h1-3,8,13H,4-7,9-10H2,(H2,16,20)(H,18,19). The Balaban J connectivity index is 1.82. The van der Waals surface area contributed by atoms with E-state index in [0.717, 1.165) is 38.0 Å². The molecular formula is C15H20N2O4. The Morgan fingerprint density at radius 3 is 2.67 bits per heavy atom. The van der Waals surface area contributed by atoms with Crippen LogP contribution >= 0.6 is 0 Å². The van der Waals surface area contributed by atoms with Crippen molar-refractivity contribution in [2.24, 2.45) is 5.73 Å². The summed E-state index contributed by atoms with van der Waals surface area (Å²) in [6, 6.07) is 7.32. The number of piperidine rings is 1. The van der Waals surface area contributed by atoms with Gasteiger partial charge in [0.05, 0.1) is 6.10 Å². The summed E-state index contributed by atoms with van der Waals surface area (Å²) < 4.78 is 5.31. The first-order valence-corrected chi connectivity index (χ1v) is 6.99. The van der Waals surface area contributed by atoms with Crippen molar-refractivity contribution in [3.05, 3.63) is 35.4 Å². The van der Waals surface area contributed by atoms with Crippen LogP contribution in [0.1, 0.15) is 28.8 Å². The molecule has 1 aliphatic rings. The quantitative estimate of drug-likeness (QED) is 0.811. The van der Waals surface area contributed by atoms with Gasteiger partial charge in [-0.05, 0) is 30.5 Å². The van der Waals surface area contributed by atoms with Gasteiger partial charge in [-0.3, -0.25) is 9.69 Å². The van der Waals surface area contributed by atoms with Gasteiger partial charge in [0.15, 0.2) is 0 Å². The van der Waals surface area contributed by atoms with Crippen LogP contribution in [0.2, 0.25) is 0 Å². The number of ether oxygens (including phenoxy) is 1. The molecule has 0 spiro atoms. The number of benzene rings is 1. The fraction of sp³-hybridized carbons (Fsp3) is 0.467. The fourth-order valence-electron chi connectivity index (χ4n) is 2.50. The van der Waals surface area contributed by atoms with Gasteiger partial charge in [-0.1, -0.05) is 12.1 Å². The van der Waals surface area contributed by atoms with Crippen LogP contribution in [0.3, 0.4) is 0 Å². The van der Waals surface area contributed by atoms with E-state index in [1.54, 1.807) is 6.07 Å². The van der Waals surface area contributed by atoms with Crippen molar-refractivity contribution < 1.29 is 19.4 Å². The lowest BCUT2D eigenvalue weighted by Crippen LogP contribution is -2.37. The second-order valence-electron chi connectivity index (χ2n) is 5.24. The van der Waals surface area contributed by atoms with Crippen molar-refractivity contribution >= 4 is 11.9 Å². The van der Waals surface area contributed by atoms with Crippen LogP contribution in [0.4, 0.5) is 0 Å². The number of carboxylic acids is 1. The fourth-order valence-corrected chi connectivity index (χ4v) is 2.50. The first-order valence-electron chi connectivity index (χ1n) is 6.99. The van der Waals surface area contributed by atoms with E-state index in [0.29, 0.717) is 5.56 Å². The van der Waals surface area contributed by atoms with Crippen molar-refractivity contribution in [3.63, 3.8) is 0 Å². The van der Waals surface area contributed by atoms with Crippen molar-refractivity contribution in [1.29, 1.82) is 0 Å². The number of hydrogen-bond acceptors (Lipinski definition) is 4. The monoisotopic (exact) mass is 292 g/mol. The van der Waals surface area contributed by atoms with Crippen LogP contribution in [-0.2, 0) is 16.1 Å². The zero-order valence-corrected chi connectivity index (χ0v) is 11.8. The number of amides is 1. The van der Waals surface area contributed by atoms with Gasteiger partial charge in [-0.2, -0.15) is 0 Å². The summed E-state index contributed by atoms with van der Waals surface area (Å²) in [5, 5.41) is 8.59. The van der Waals surface area contributed by atoms with E-state index >= 15 is 0 Å². The number of nitrogens with zero attached hydrogens (tertiary/aromatic N) is 1. The van der Waals surface area contributed by atoms with Crippen LogP contribution in [0.5, 0.6) is 0 Å². The molecule has 0 bridgehead atoms. The van der Waals surface area contributed by atoms with Crippen LogP contribution in [0, 0.1) is 0 Å². The molecule has 0 aliphatic carbocycles. The lowest BCUT2D eigenvalue weighted by Gasteiger charge is -2.31. The van der Waals surface area contributed by atoms with E-state index in [9.17, 15) is 9.59 Å². The Morgan fingerprint density at radius 1 is 1.33 bits per heavy atom. The Morgan fingerprint density at radius 2 is 2.05 bits per heavy atom. The largest absolute Gasteiger partial charge is 0.480 e. The molecule has 1 aliphatic heterocycles. The maximum absolute atomic E-state index is 11.2. The van der Waals surface area contributed by atoms with Gasteiger partial charge in [0, 0.05) is 25.2 Å². The van der Waals surface area contributed by atoms with Gasteiger partial charge in [0.1, 0.15) is 6.61 Å². The molecule has 0 radical (unpaired) electrons. The molecule has 0 atom stereocenters. The van der Waals surface area contributed by atoms with Gasteiger partial charge in [-0.25, -0.2) is 4.79 Å². The Labute approximate surface area is 123 Å². The van der Waals surface area contributed by atoms with Gasteiger partial charge < -0.3 is 15.6 Å². The third-order valence-electron chi connectivity index (χ3n) is 3.59. The van der Waals surface area contributed by atoms with Crippen molar-refractivity contribution in [3.8, 4) is 0 Å². The molecule has 1 amide bonds. The molecule has 0 unspecified atom stereocenters. The number of carboxylic acid groups (broad SMARTS) is 1. The van der Waals surface area contributed by atoms with E-state index in [-0.39, 0.29) is 12.7 Å². The molecule has 1 aromatic carbocycles. The number of hydrogen-bond donors (Lipinski definition) is 2. The van der Waals surface area contributed by atoms with Crippen molar-refractivity contribution in [1.82, 2.24) is 4.90 Å². The molecule has 2 rings (SSSR count). The first-order chi connectivity index (χ1) is 10.0. The summed E-state index contributed by atoms with van der Waals surface area (Å²) in [4.78, 5) is 23.9. The third-order valence-corrected chi connectivity index (χ3v) is 3.59. The normalized spacial score (nSPS) is 16.8. The van der Waals surface area contributed by atoms with Crippen molar-refractivity contribution in [2.45, 2.75) is 25.5 Å². The lowest BCUT2D eigenvalue weighted by molar-refractivity contribution is -0.145. The number of carbonyl (C=O) groups excluding carboxylic acids is 1. The van der Waals surface area contributed by atoms with Crippen LogP contribution < -0.4 is 5.73 Å². The number of carbonyl (C=O) groups is 2. The summed E-state index contributed by atoms with van der Waals surface area (Å²) in [6.45, 7) is 2.23. The smallest absolute Gasteiger partial charge is 0.329 e. The van der Waals surface area contributed by atoms with E-state index in [2.05, 4.69) is 4.90 Å². The second kappa shape index (κ2) is 7.19. The van der Waals surface area contributed by atoms with Gasteiger partial charge in [0.25, 0.3) is 0 Å². The molecule has 1 saturated heterocycles. The topological polar surface area (TPSA) is 92.9 Å². The number of primary amides is 1. The minimum atomic E-state index is -0.930. The average molecular weight is 292 g/mol. The van der Waals surface area contributed by atoms with Crippen LogP contribution in [0.15, 0.2) is 24.3 Å². The average Bonchev–Trinajstić information content (AvgIpc) is 2.47. The maximum Gasteiger partial charge on any atom is 0.329 e. The number of nitrogens with two attached hydrogens (primary N) is 1. The molecule has 6 nitrogen and oxygen atoms in total. The summed E-state index contributed by atoms with van der Waals surface area (Å²) in [7, 11) is 0. The Kier molecular flexibility index (Phi) is 5.30. The molecular weight excluding hydrogens is 272 g/mol. The lowest BCUT2D eigenvalue weighted by atomic mass is 10.1. The van der Waals surface area contributed by atoms with E-state index < -0.39 is 11.9 Å². The van der Waals surface area contributed by atoms with Gasteiger partial charge in [0.2, 0.25) is 5.91 Å². The number of rotatable bonds is 6. The highest BCUT2D eigenvalue weighted by atomic mass is 16.5. The molecule has 0 aromatic heterocycles.